The topological polar surface area (TPSA) is 271 Å². The van der Waals surface area contributed by atoms with E-state index in [9.17, 15) is 61.0 Å². The molecule has 15 nitrogen and oxygen atoms in total. The first kappa shape index (κ1) is 30.1. The van der Waals surface area contributed by atoms with Gasteiger partial charge in [0.05, 0.1) is 24.2 Å². The number of phenols is 3. The number of ether oxygens (including phenoxy) is 2. The molecule has 0 spiro atoms. The maximum absolute atomic E-state index is 13.4. The molecule has 2 aliphatic heterocycles. The summed E-state index contributed by atoms with van der Waals surface area (Å²) in [5.41, 5.74) is -1.87. The fourth-order valence-corrected chi connectivity index (χ4v) is 5.33. The highest BCUT2D eigenvalue weighted by Crippen LogP contribution is 2.47. The summed E-state index contributed by atoms with van der Waals surface area (Å²) in [5, 5.41) is 113. The summed E-state index contributed by atoms with van der Waals surface area (Å²) in [7, 11) is 0. The van der Waals surface area contributed by atoms with Gasteiger partial charge in [-0.2, -0.15) is 0 Å². The van der Waals surface area contributed by atoms with Crippen molar-refractivity contribution in [2.24, 2.45) is 0 Å². The fraction of sp³-hybridized carbons (Fsp3) is 0.444. The van der Waals surface area contributed by atoms with E-state index in [1.807, 2.05) is 0 Å². The molecule has 2 aliphatic rings. The lowest BCUT2D eigenvalue weighted by molar-refractivity contribution is -0.233. The van der Waals surface area contributed by atoms with Crippen molar-refractivity contribution in [1.29, 1.82) is 0 Å². The van der Waals surface area contributed by atoms with Gasteiger partial charge in [-0.1, -0.05) is 0 Å². The van der Waals surface area contributed by atoms with Gasteiger partial charge in [0.25, 0.3) is 0 Å². The number of aromatic hydroxyl groups is 3. The lowest BCUT2D eigenvalue weighted by atomic mass is 9.85. The Bertz CT molecular complexity index is 1520. The lowest BCUT2D eigenvalue weighted by Gasteiger charge is -2.42. The quantitative estimate of drug-likeness (QED) is 0.138. The van der Waals surface area contributed by atoms with Gasteiger partial charge in [-0.3, -0.25) is 4.79 Å². The molecule has 10 atom stereocenters. The number of aliphatic hydroxyl groups is 8. The van der Waals surface area contributed by atoms with Crippen LogP contribution < -0.4 is 5.43 Å². The van der Waals surface area contributed by atoms with Crippen LogP contribution in [0.3, 0.4) is 0 Å². The van der Waals surface area contributed by atoms with Gasteiger partial charge in [0.1, 0.15) is 78.1 Å². The summed E-state index contributed by atoms with van der Waals surface area (Å²) >= 11 is 0. The SMILES string of the molecule is O=c1cc(-c2ccc(O)c(O)c2)oc2c([C@@H]3O[C@H](CO)[C@@H](O)[C@H](O)[C@H]3O)c(O)c([C@@H]3O[C@H](CO)[C@@H](O)[C@H](O)[C@H]3O)cc12. The highest BCUT2D eigenvalue weighted by Gasteiger charge is 2.49. The van der Waals surface area contributed by atoms with E-state index >= 15 is 0 Å². The highest BCUT2D eigenvalue weighted by atomic mass is 16.6. The Morgan fingerprint density at radius 3 is 1.81 bits per heavy atom. The number of benzene rings is 2. The van der Waals surface area contributed by atoms with E-state index in [0.717, 1.165) is 24.3 Å². The summed E-state index contributed by atoms with van der Waals surface area (Å²) < 4.78 is 17.1. The van der Waals surface area contributed by atoms with E-state index in [1.165, 1.54) is 6.07 Å². The van der Waals surface area contributed by atoms with Crippen molar-refractivity contribution >= 4 is 11.0 Å². The smallest absolute Gasteiger partial charge is 0.193 e. The van der Waals surface area contributed by atoms with Crippen LogP contribution in [0.4, 0.5) is 0 Å². The Balaban J connectivity index is 1.78. The van der Waals surface area contributed by atoms with Gasteiger partial charge in [-0.15, -0.1) is 0 Å². The van der Waals surface area contributed by atoms with Crippen LogP contribution in [0.15, 0.2) is 39.5 Å². The second-order valence-electron chi connectivity index (χ2n) is 10.3. The number of hydrogen-bond donors (Lipinski definition) is 11. The van der Waals surface area contributed by atoms with Crippen LogP contribution in [0.5, 0.6) is 17.2 Å². The minimum absolute atomic E-state index is 0.113. The molecule has 0 aliphatic carbocycles. The van der Waals surface area contributed by atoms with Crippen LogP contribution in [0.25, 0.3) is 22.3 Å². The maximum Gasteiger partial charge on any atom is 0.193 e. The van der Waals surface area contributed by atoms with Gasteiger partial charge in [-0.05, 0) is 24.3 Å². The van der Waals surface area contributed by atoms with Crippen molar-refractivity contribution in [3.8, 4) is 28.6 Å². The first-order valence-corrected chi connectivity index (χ1v) is 12.9. The zero-order valence-corrected chi connectivity index (χ0v) is 21.6. The number of rotatable bonds is 5. The Morgan fingerprint density at radius 2 is 1.24 bits per heavy atom. The van der Waals surface area contributed by atoms with Crippen molar-refractivity contribution in [1.82, 2.24) is 0 Å². The molecule has 0 bridgehead atoms. The molecule has 228 valence electrons. The van der Waals surface area contributed by atoms with Crippen LogP contribution in [0, 0.1) is 0 Å². The van der Waals surface area contributed by atoms with Crippen molar-refractivity contribution in [2.75, 3.05) is 13.2 Å². The molecular formula is C27H30O15. The third kappa shape index (κ3) is 4.88. The average molecular weight is 595 g/mol. The normalized spacial score (nSPS) is 33.6. The first-order valence-electron chi connectivity index (χ1n) is 12.9. The number of fused-ring (bicyclic) bond motifs is 1. The molecule has 3 aromatic rings. The number of hydrogen-bond acceptors (Lipinski definition) is 15. The molecule has 11 N–H and O–H groups in total. The van der Waals surface area contributed by atoms with Gasteiger partial charge in [0.2, 0.25) is 0 Å². The van der Waals surface area contributed by atoms with Crippen molar-refractivity contribution in [3.05, 3.63) is 51.7 Å². The molecule has 15 heteroatoms. The fourth-order valence-electron chi connectivity index (χ4n) is 5.33. The molecule has 3 heterocycles. The summed E-state index contributed by atoms with van der Waals surface area (Å²) in [6.07, 6.45) is -17.4. The zero-order chi connectivity index (χ0) is 30.6. The van der Waals surface area contributed by atoms with Crippen LogP contribution in [0.1, 0.15) is 23.3 Å². The van der Waals surface area contributed by atoms with Crippen LogP contribution in [-0.4, -0.2) is 118 Å². The standard InChI is InChI=1S/C27H30O15/c28-6-15-19(34)21(36)23(38)26(41-15)10-4-9-12(31)5-14(8-1-2-11(30)13(32)3-8)40-25(9)17(18(10)33)27-24(39)22(37)20(35)16(7-29)42-27/h1-5,15-16,19-24,26-30,32-39H,6-7H2/t15-,16-,19-,20-,21+,22+,23-,24-,26+,27+/m1/s1. The molecule has 5 rings (SSSR count). The Labute approximate surface area is 235 Å². The average Bonchev–Trinajstić information content (AvgIpc) is 2.97. The third-order valence-electron chi connectivity index (χ3n) is 7.69. The highest BCUT2D eigenvalue weighted by molar-refractivity contribution is 5.86. The van der Waals surface area contributed by atoms with Gasteiger partial charge in [0.15, 0.2) is 16.9 Å². The van der Waals surface area contributed by atoms with E-state index in [4.69, 9.17) is 13.9 Å². The molecule has 0 unspecified atom stereocenters. The van der Waals surface area contributed by atoms with Gasteiger partial charge in [-0.25, -0.2) is 0 Å². The summed E-state index contributed by atoms with van der Waals surface area (Å²) in [6.45, 7) is -1.62. The largest absolute Gasteiger partial charge is 0.507 e. The van der Waals surface area contributed by atoms with E-state index in [0.29, 0.717) is 0 Å². The Kier molecular flexibility index (Phi) is 8.16. The minimum Gasteiger partial charge on any atom is -0.507 e. The predicted molar refractivity (Wildman–Crippen MR) is 138 cm³/mol. The molecule has 2 saturated heterocycles. The molecule has 0 amide bonds. The van der Waals surface area contributed by atoms with Gasteiger partial charge < -0.3 is 70.1 Å². The summed E-state index contributed by atoms with van der Waals surface area (Å²) in [6, 6.07) is 5.62. The molecule has 2 aromatic carbocycles. The van der Waals surface area contributed by atoms with E-state index in [1.54, 1.807) is 0 Å². The molecule has 1 aromatic heterocycles. The predicted octanol–water partition coefficient (Wildman–Crippen LogP) is -2.39. The van der Waals surface area contributed by atoms with Crippen molar-refractivity contribution in [3.63, 3.8) is 0 Å². The molecule has 0 saturated carbocycles. The second kappa shape index (κ2) is 11.4. The van der Waals surface area contributed by atoms with E-state index in [2.05, 4.69) is 0 Å². The minimum atomic E-state index is -1.96. The number of aliphatic hydroxyl groups excluding tert-OH is 8. The molecule has 0 radical (unpaired) electrons. The monoisotopic (exact) mass is 594 g/mol. The Morgan fingerprint density at radius 1 is 0.667 bits per heavy atom. The maximum atomic E-state index is 13.4. The van der Waals surface area contributed by atoms with E-state index < -0.39 is 108 Å². The Hall–Kier alpha value is -3.35. The molecular weight excluding hydrogens is 564 g/mol. The van der Waals surface area contributed by atoms with Crippen LogP contribution in [-0.2, 0) is 9.47 Å². The van der Waals surface area contributed by atoms with Crippen LogP contribution in [0.2, 0.25) is 0 Å². The lowest BCUT2D eigenvalue weighted by Crippen LogP contribution is -2.55. The molecule has 42 heavy (non-hydrogen) atoms. The van der Waals surface area contributed by atoms with Crippen molar-refractivity contribution < 1.29 is 70.1 Å². The zero-order valence-electron chi connectivity index (χ0n) is 21.6. The van der Waals surface area contributed by atoms with E-state index in [-0.39, 0.29) is 22.3 Å². The molecule has 2 fully saturated rings. The summed E-state index contributed by atoms with van der Waals surface area (Å²) in [4.78, 5) is 13.4. The van der Waals surface area contributed by atoms with Gasteiger partial charge >= 0.3 is 0 Å². The summed E-state index contributed by atoms with van der Waals surface area (Å²) in [5.74, 6) is -1.98. The van der Waals surface area contributed by atoms with Gasteiger partial charge in [0, 0.05) is 17.2 Å². The van der Waals surface area contributed by atoms with Crippen molar-refractivity contribution in [2.45, 2.75) is 61.0 Å². The second-order valence-corrected chi connectivity index (χ2v) is 10.3. The van der Waals surface area contributed by atoms with Crippen LogP contribution >= 0.6 is 0 Å². The first-order chi connectivity index (χ1) is 19.9. The number of phenolic OH excluding ortho intramolecular Hbond substituents is 3. The third-order valence-corrected chi connectivity index (χ3v) is 7.69.